The maximum absolute atomic E-state index is 10.1. The van der Waals surface area contributed by atoms with E-state index in [1.165, 1.54) is 11.9 Å². The van der Waals surface area contributed by atoms with E-state index in [4.69, 9.17) is 5.11 Å². The van der Waals surface area contributed by atoms with Crippen molar-refractivity contribution < 1.29 is 30.6 Å². The molecule has 7 nitrogen and oxygen atoms in total. The molecule has 0 heterocycles. The van der Waals surface area contributed by atoms with Gasteiger partial charge in [-0.2, -0.15) is 0 Å². The van der Waals surface area contributed by atoms with E-state index in [1.807, 2.05) is 60.7 Å². The van der Waals surface area contributed by atoms with Gasteiger partial charge in [0.1, 0.15) is 30.6 Å². The monoisotopic (exact) mass is 457 g/mol. The predicted molar refractivity (Wildman–Crippen MR) is 132 cm³/mol. The molecule has 0 saturated carbocycles. The standard InChI is InChI=1S/C16H25NO6.C10H10/c1-3-10-6-4-5-7-11(10)8-17(2)16(23)15(22)14(21)13(20)12(19)9-18;1-3-9-7-5-6-8-10(9)4-2/h3-7,12-16,18-23H,1,8-9H2,2H3;3-8H,1-2H2. The molecule has 33 heavy (non-hydrogen) atoms. The molecule has 0 radical (unpaired) electrons. The van der Waals surface area contributed by atoms with E-state index in [1.54, 1.807) is 6.08 Å². The highest BCUT2D eigenvalue weighted by Crippen LogP contribution is 2.16. The van der Waals surface area contributed by atoms with Crippen molar-refractivity contribution in [2.45, 2.75) is 37.2 Å². The minimum Gasteiger partial charge on any atom is -0.394 e. The number of rotatable bonds is 11. The summed E-state index contributed by atoms with van der Waals surface area (Å²) < 4.78 is 0. The van der Waals surface area contributed by atoms with E-state index in [2.05, 4.69) is 19.7 Å². The van der Waals surface area contributed by atoms with Gasteiger partial charge in [-0.1, -0.05) is 86.5 Å². The third-order valence-electron chi connectivity index (χ3n) is 5.17. The number of hydrogen-bond acceptors (Lipinski definition) is 7. The molecule has 0 aliphatic rings. The first-order chi connectivity index (χ1) is 15.7. The summed E-state index contributed by atoms with van der Waals surface area (Å²) >= 11 is 0. The van der Waals surface area contributed by atoms with Gasteiger partial charge in [-0.3, -0.25) is 4.90 Å². The van der Waals surface area contributed by atoms with Crippen LogP contribution >= 0.6 is 0 Å². The fourth-order valence-corrected chi connectivity index (χ4v) is 3.10. The van der Waals surface area contributed by atoms with E-state index in [0.29, 0.717) is 0 Å². The topological polar surface area (TPSA) is 125 Å². The van der Waals surface area contributed by atoms with Crippen LogP contribution in [0.3, 0.4) is 0 Å². The Bertz CT molecular complexity index is 860. The molecule has 0 aliphatic heterocycles. The molecular weight excluding hydrogens is 422 g/mol. The maximum Gasteiger partial charge on any atom is 0.136 e. The Hall–Kier alpha value is -2.62. The zero-order chi connectivity index (χ0) is 25.0. The molecule has 7 heteroatoms. The highest BCUT2D eigenvalue weighted by molar-refractivity contribution is 5.63. The van der Waals surface area contributed by atoms with Crippen LogP contribution in [0.15, 0.2) is 68.3 Å². The molecular formula is C26H35NO6. The van der Waals surface area contributed by atoms with Crippen molar-refractivity contribution in [3.8, 4) is 0 Å². The average Bonchev–Trinajstić information content (AvgIpc) is 2.86. The average molecular weight is 458 g/mol. The SMILES string of the molecule is C=Cc1ccccc1C=C.C=Cc1ccccc1CN(C)C(O)C(O)C(O)C(O)C(O)CO. The molecule has 6 N–H and O–H groups in total. The second kappa shape index (κ2) is 14.5. The van der Waals surface area contributed by atoms with Gasteiger partial charge in [0.25, 0.3) is 0 Å². The Morgan fingerprint density at radius 1 is 0.727 bits per heavy atom. The van der Waals surface area contributed by atoms with E-state index >= 15 is 0 Å². The van der Waals surface area contributed by atoms with Crippen LogP contribution in [0.4, 0.5) is 0 Å². The normalized spacial score (nSPS) is 15.4. The van der Waals surface area contributed by atoms with Crippen molar-refractivity contribution in [1.82, 2.24) is 4.90 Å². The number of aliphatic hydroxyl groups excluding tert-OH is 6. The van der Waals surface area contributed by atoms with Gasteiger partial charge in [0, 0.05) is 6.54 Å². The van der Waals surface area contributed by atoms with Crippen LogP contribution in [0, 0.1) is 0 Å². The molecule has 0 fully saturated rings. The number of hydrogen-bond donors (Lipinski definition) is 6. The van der Waals surface area contributed by atoms with Crippen LogP contribution in [-0.4, -0.2) is 79.8 Å². The Balaban J connectivity index is 0.000000451. The first-order valence-electron chi connectivity index (χ1n) is 10.5. The van der Waals surface area contributed by atoms with Crippen molar-refractivity contribution in [2.24, 2.45) is 0 Å². The lowest BCUT2D eigenvalue weighted by atomic mass is 10.0. The highest BCUT2D eigenvalue weighted by Gasteiger charge is 2.35. The summed E-state index contributed by atoms with van der Waals surface area (Å²) in [5.74, 6) is 0. The van der Waals surface area contributed by atoms with Crippen molar-refractivity contribution in [3.05, 3.63) is 90.5 Å². The quantitative estimate of drug-likeness (QED) is 0.283. The van der Waals surface area contributed by atoms with E-state index in [9.17, 15) is 25.5 Å². The summed E-state index contributed by atoms with van der Waals surface area (Å²) in [6, 6.07) is 15.4. The Kier molecular flexibility index (Phi) is 12.5. The summed E-state index contributed by atoms with van der Waals surface area (Å²) in [7, 11) is 1.54. The fourth-order valence-electron chi connectivity index (χ4n) is 3.10. The number of aliphatic hydroxyl groups is 6. The first-order valence-corrected chi connectivity index (χ1v) is 10.5. The van der Waals surface area contributed by atoms with E-state index < -0.39 is 37.3 Å². The van der Waals surface area contributed by atoms with Crippen molar-refractivity contribution in [1.29, 1.82) is 0 Å². The molecule has 0 aromatic heterocycles. The second-order valence-corrected chi connectivity index (χ2v) is 7.49. The van der Waals surface area contributed by atoms with Crippen LogP contribution < -0.4 is 0 Å². The Morgan fingerprint density at radius 3 is 1.64 bits per heavy atom. The summed E-state index contributed by atoms with van der Waals surface area (Å²) in [6.45, 7) is 10.6. The molecule has 0 bridgehead atoms. The minimum atomic E-state index is -1.82. The van der Waals surface area contributed by atoms with Crippen LogP contribution in [0.2, 0.25) is 0 Å². The summed E-state index contributed by atoms with van der Waals surface area (Å²) in [5.41, 5.74) is 4.01. The molecule has 180 valence electrons. The van der Waals surface area contributed by atoms with Crippen molar-refractivity contribution in [3.63, 3.8) is 0 Å². The molecule has 0 aliphatic carbocycles. The molecule has 5 atom stereocenters. The zero-order valence-corrected chi connectivity index (χ0v) is 18.9. The minimum absolute atomic E-state index is 0.270. The number of benzene rings is 2. The van der Waals surface area contributed by atoms with Gasteiger partial charge in [0.05, 0.1) is 6.61 Å². The molecule has 2 aromatic carbocycles. The van der Waals surface area contributed by atoms with E-state index in [0.717, 1.165) is 22.3 Å². The Morgan fingerprint density at radius 2 is 1.18 bits per heavy atom. The molecule has 0 amide bonds. The van der Waals surface area contributed by atoms with Crippen LogP contribution in [0.1, 0.15) is 22.3 Å². The van der Waals surface area contributed by atoms with Gasteiger partial charge in [0.2, 0.25) is 0 Å². The third kappa shape index (κ3) is 8.34. The zero-order valence-electron chi connectivity index (χ0n) is 18.9. The summed E-state index contributed by atoms with van der Waals surface area (Å²) in [5, 5.41) is 57.5. The molecule has 5 unspecified atom stereocenters. The molecule has 2 rings (SSSR count). The van der Waals surface area contributed by atoms with Gasteiger partial charge >= 0.3 is 0 Å². The maximum atomic E-state index is 10.1. The lowest BCUT2D eigenvalue weighted by Gasteiger charge is -2.33. The van der Waals surface area contributed by atoms with Crippen LogP contribution in [0.25, 0.3) is 18.2 Å². The van der Waals surface area contributed by atoms with Crippen LogP contribution in [0.5, 0.6) is 0 Å². The lowest BCUT2D eigenvalue weighted by Crippen LogP contribution is -2.53. The molecule has 0 spiro atoms. The molecule has 2 aromatic rings. The number of likely N-dealkylation sites (N-methyl/N-ethyl adjacent to an activating group) is 1. The van der Waals surface area contributed by atoms with Gasteiger partial charge in [-0.25, -0.2) is 0 Å². The van der Waals surface area contributed by atoms with Gasteiger partial charge < -0.3 is 30.6 Å². The van der Waals surface area contributed by atoms with Crippen molar-refractivity contribution >= 4 is 18.2 Å². The predicted octanol–water partition coefficient (Wildman–Crippen LogP) is 1.49. The largest absolute Gasteiger partial charge is 0.394 e. The number of nitrogens with zero attached hydrogens (tertiary/aromatic N) is 1. The fraction of sp³-hybridized carbons (Fsp3) is 0.308. The van der Waals surface area contributed by atoms with Crippen molar-refractivity contribution in [2.75, 3.05) is 13.7 Å². The van der Waals surface area contributed by atoms with E-state index in [-0.39, 0.29) is 6.54 Å². The highest BCUT2D eigenvalue weighted by atomic mass is 16.4. The summed E-state index contributed by atoms with van der Waals surface area (Å²) in [6.07, 6.45) is -3.09. The molecule has 0 saturated heterocycles. The van der Waals surface area contributed by atoms with Gasteiger partial charge in [0.15, 0.2) is 0 Å². The third-order valence-corrected chi connectivity index (χ3v) is 5.17. The Labute approximate surface area is 195 Å². The second-order valence-electron chi connectivity index (χ2n) is 7.49. The van der Waals surface area contributed by atoms with Crippen LogP contribution in [-0.2, 0) is 6.54 Å². The lowest BCUT2D eigenvalue weighted by molar-refractivity contribution is -0.168. The van der Waals surface area contributed by atoms with Gasteiger partial charge in [-0.15, -0.1) is 0 Å². The smallest absolute Gasteiger partial charge is 0.136 e. The first kappa shape index (κ1) is 28.4. The summed E-state index contributed by atoms with van der Waals surface area (Å²) in [4.78, 5) is 1.38. The van der Waals surface area contributed by atoms with Gasteiger partial charge in [-0.05, 0) is 29.3 Å².